The van der Waals surface area contributed by atoms with Crippen LogP contribution in [0, 0.1) is 0 Å². The van der Waals surface area contributed by atoms with Crippen LogP contribution in [0.25, 0.3) is 0 Å². The average molecular weight is 367 g/mol. The van der Waals surface area contributed by atoms with Gasteiger partial charge >= 0.3 is 0 Å². The first-order valence-electron chi connectivity index (χ1n) is 7.52. The minimum absolute atomic E-state index is 0. The third-order valence-corrected chi connectivity index (χ3v) is 4.37. The van der Waals surface area contributed by atoms with Gasteiger partial charge in [0.15, 0.2) is 0 Å². The van der Waals surface area contributed by atoms with Gasteiger partial charge in [0.25, 0.3) is 11.8 Å². The zero-order chi connectivity index (χ0) is 16.2. The summed E-state index contributed by atoms with van der Waals surface area (Å²) >= 11 is 1.43. The van der Waals surface area contributed by atoms with Crippen LogP contribution in [0.15, 0.2) is 29.6 Å². The number of benzene rings is 1. The number of hydrogen-bond donors (Lipinski definition) is 3. The van der Waals surface area contributed by atoms with Gasteiger partial charge in [-0.3, -0.25) is 9.59 Å². The highest BCUT2D eigenvalue weighted by Crippen LogP contribution is 2.20. The summed E-state index contributed by atoms with van der Waals surface area (Å²) in [5.74, 6) is -0.337. The summed E-state index contributed by atoms with van der Waals surface area (Å²) in [6.45, 7) is 0.513. The molecule has 2 amide bonds. The van der Waals surface area contributed by atoms with E-state index in [2.05, 4.69) is 15.6 Å². The van der Waals surface area contributed by atoms with Gasteiger partial charge in [-0.1, -0.05) is 0 Å². The highest BCUT2D eigenvalue weighted by Gasteiger charge is 2.23. The van der Waals surface area contributed by atoms with Crippen molar-refractivity contribution in [1.82, 2.24) is 10.3 Å². The number of hydrogen-bond acceptors (Lipinski definition) is 5. The lowest BCUT2D eigenvalue weighted by atomic mass is 10.2. The Hall–Kier alpha value is -1.96. The van der Waals surface area contributed by atoms with Crippen LogP contribution in [-0.2, 0) is 6.42 Å². The summed E-state index contributed by atoms with van der Waals surface area (Å²) < 4.78 is 0. The quantitative estimate of drug-likeness (QED) is 0.730. The summed E-state index contributed by atoms with van der Waals surface area (Å²) in [5, 5.41) is 8.27. The lowest BCUT2D eigenvalue weighted by Crippen LogP contribution is -2.25. The van der Waals surface area contributed by atoms with E-state index in [1.807, 2.05) is 0 Å². The van der Waals surface area contributed by atoms with Gasteiger partial charge in [-0.05, 0) is 43.7 Å². The molecule has 0 spiro atoms. The number of anilines is 1. The van der Waals surface area contributed by atoms with Crippen LogP contribution in [-0.4, -0.2) is 29.4 Å². The van der Waals surface area contributed by atoms with Crippen molar-refractivity contribution in [2.75, 3.05) is 11.9 Å². The molecule has 1 aliphatic rings. The second-order valence-electron chi connectivity index (χ2n) is 5.44. The summed E-state index contributed by atoms with van der Waals surface area (Å²) in [6.07, 6.45) is 2.78. The summed E-state index contributed by atoms with van der Waals surface area (Å²) in [6, 6.07) is 7.16. The molecule has 0 bridgehead atoms. The van der Waals surface area contributed by atoms with Crippen molar-refractivity contribution in [3.63, 3.8) is 0 Å². The normalized spacial score (nSPS) is 13.0. The smallest absolute Gasteiger partial charge is 0.275 e. The number of thiazole rings is 1. The third-order valence-electron chi connectivity index (χ3n) is 3.46. The molecule has 0 saturated heterocycles. The van der Waals surface area contributed by atoms with E-state index in [-0.39, 0.29) is 24.2 Å². The molecule has 24 heavy (non-hydrogen) atoms. The fraction of sp³-hybridized carbons (Fsp3) is 0.312. The van der Waals surface area contributed by atoms with Crippen LogP contribution >= 0.6 is 23.7 Å². The monoisotopic (exact) mass is 366 g/mol. The zero-order valence-corrected chi connectivity index (χ0v) is 14.6. The molecule has 3 rings (SSSR count). The van der Waals surface area contributed by atoms with E-state index >= 15 is 0 Å². The number of nitrogens with zero attached hydrogens (tertiary/aromatic N) is 1. The first-order valence-corrected chi connectivity index (χ1v) is 8.40. The van der Waals surface area contributed by atoms with Crippen LogP contribution in [0.2, 0.25) is 0 Å². The minimum atomic E-state index is -0.264. The van der Waals surface area contributed by atoms with E-state index in [0.29, 0.717) is 36.0 Å². The Morgan fingerprint density at radius 1 is 1.21 bits per heavy atom. The average Bonchev–Trinajstić information content (AvgIpc) is 3.23. The molecule has 0 radical (unpaired) electrons. The van der Waals surface area contributed by atoms with Crippen LogP contribution in [0.3, 0.4) is 0 Å². The number of aromatic nitrogens is 1. The van der Waals surface area contributed by atoms with Gasteiger partial charge in [-0.25, -0.2) is 4.98 Å². The molecule has 1 aromatic heterocycles. The maximum atomic E-state index is 12.1. The van der Waals surface area contributed by atoms with Crippen molar-refractivity contribution >= 4 is 41.2 Å². The lowest BCUT2D eigenvalue weighted by molar-refractivity contribution is 0.0950. The number of carbonyl (C=O) groups excluding carboxylic acids is 2. The highest BCUT2D eigenvalue weighted by molar-refractivity contribution is 7.09. The second-order valence-corrected chi connectivity index (χ2v) is 6.39. The fourth-order valence-corrected chi connectivity index (χ4v) is 2.84. The van der Waals surface area contributed by atoms with E-state index in [1.165, 1.54) is 11.3 Å². The molecule has 0 atom stereocenters. The molecule has 128 valence electrons. The minimum Gasteiger partial charge on any atom is -0.349 e. The number of carbonyl (C=O) groups is 2. The Balaban J connectivity index is 0.00000208. The van der Waals surface area contributed by atoms with E-state index < -0.39 is 0 Å². The number of amides is 2. The Morgan fingerprint density at radius 2 is 1.92 bits per heavy atom. The highest BCUT2D eigenvalue weighted by atomic mass is 35.5. The molecule has 2 aromatic rings. The van der Waals surface area contributed by atoms with E-state index in [1.54, 1.807) is 29.6 Å². The van der Waals surface area contributed by atoms with Crippen molar-refractivity contribution in [2.24, 2.45) is 5.73 Å². The van der Waals surface area contributed by atoms with Gasteiger partial charge in [0.2, 0.25) is 0 Å². The Labute approximate surface area is 150 Å². The van der Waals surface area contributed by atoms with Gasteiger partial charge in [0.05, 0.1) is 5.01 Å². The Kier molecular flexibility index (Phi) is 6.30. The molecule has 1 heterocycles. The predicted octanol–water partition coefficient (Wildman–Crippen LogP) is 2.21. The van der Waals surface area contributed by atoms with Gasteiger partial charge in [-0.2, -0.15) is 0 Å². The van der Waals surface area contributed by atoms with Crippen LogP contribution in [0.5, 0.6) is 0 Å². The van der Waals surface area contributed by atoms with Crippen molar-refractivity contribution in [3.8, 4) is 0 Å². The maximum Gasteiger partial charge on any atom is 0.275 e. The number of halogens is 1. The molecule has 1 fully saturated rings. The molecule has 1 aromatic carbocycles. The molecule has 0 aliphatic heterocycles. The van der Waals surface area contributed by atoms with Crippen molar-refractivity contribution in [1.29, 1.82) is 0 Å². The van der Waals surface area contributed by atoms with Crippen molar-refractivity contribution in [3.05, 3.63) is 45.9 Å². The summed E-state index contributed by atoms with van der Waals surface area (Å²) in [5.41, 5.74) is 7.08. The van der Waals surface area contributed by atoms with Crippen LogP contribution in [0.4, 0.5) is 5.69 Å². The maximum absolute atomic E-state index is 12.1. The standard InChI is InChI=1S/C16H18N4O2S.ClH/c17-8-7-14-20-13(9-23-14)16(22)19-11-3-1-10(2-4-11)15(21)18-12-5-6-12;/h1-4,9,12H,5-8,17H2,(H,18,21)(H,19,22);1H. The first-order chi connectivity index (χ1) is 11.2. The number of rotatable bonds is 6. The summed E-state index contributed by atoms with van der Waals surface area (Å²) in [4.78, 5) is 28.3. The second kappa shape index (κ2) is 8.23. The molecule has 4 N–H and O–H groups in total. The van der Waals surface area contributed by atoms with E-state index in [4.69, 9.17) is 5.73 Å². The predicted molar refractivity (Wildman–Crippen MR) is 97.0 cm³/mol. The van der Waals surface area contributed by atoms with E-state index in [9.17, 15) is 9.59 Å². The lowest BCUT2D eigenvalue weighted by Gasteiger charge is -2.06. The molecular formula is C16H19ClN4O2S. The molecule has 1 aliphatic carbocycles. The molecule has 1 saturated carbocycles. The number of nitrogens with one attached hydrogen (secondary N) is 2. The molecule has 0 unspecified atom stereocenters. The topological polar surface area (TPSA) is 97.1 Å². The third kappa shape index (κ3) is 4.77. The molecular weight excluding hydrogens is 348 g/mol. The van der Waals surface area contributed by atoms with Gasteiger partial charge in [0, 0.05) is 29.1 Å². The molecule has 8 heteroatoms. The van der Waals surface area contributed by atoms with E-state index in [0.717, 1.165) is 17.8 Å². The van der Waals surface area contributed by atoms with Crippen LogP contribution in [0.1, 0.15) is 38.7 Å². The zero-order valence-electron chi connectivity index (χ0n) is 13.0. The van der Waals surface area contributed by atoms with Gasteiger partial charge in [0.1, 0.15) is 5.69 Å². The number of nitrogens with two attached hydrogens (primary N) is 1. The SMILES string of the molecule is Cl.NCCc1nc(C(=O)Nc2ccc(C(=O)NC3CC3)cc2)cs1. The summed E-state index contributed by atoms with van der Waals surface area (Å²) in [7, 11) is 0. The Morgan fingerprint density at radius 3 is 2.54 bits per heavy atom. The fourth-order valence-electron chi connectivity index (χ4n) is 2.05. The van der Waals surface area contributed by atoms with Crippen molar-refractivity contribution in [2.45, 2.75) is 25.3 Å². The first kappa shape index (κ1) is 18.4. The van der Waals surface area contributed by atoms with Gasteiger partial charge in [-0.15, -0.1) is 23.7 Å². The van der Waals surface area contributed by atoms with Gasteiger partial charge < -0.3 is 16.4 Å². The molecule has 6 nitrogen and oxygen atoms in total. The largest absolute Gasteiger partial charge is 0.349 e. The Bertz CT molecular complexity index is 713. The van der Waals surface area contributed by atoms with Crippen LogP contribution < -0.4 is 16.4 Å². The van der Waals surface area contributed by atoms with Crippen molar-refractivity contribution < 1.29 is 9.59 Å².